The average molecular weight is 385 g/mol. The standard InChI is InChI=1S/C20H23N3O3S/c1-4-23-19(24)17-13-7-5-6-8-16(13)27-18(17)22-20(23)21-12-9-10-14(25-2)15(11-12)26-3/h9-11H,4-8H2,1-3H3,(H,21,22). The summed E-state index contributed by atoms with van der Waals surface area (Å²) < 4.78 is 12.4. The van der Waals surface area contributed by atoms with Gasteiger partial charge in [-0.05, 0) is 50.3 Å². The Hall–Kier alpha value is -2.54. The van der Waals surface area contributed by atoms with Gasteiger partial charge in [0.2, 0.25) is 5.95 Å². The second-order valence-corrected chi connectivity index (χ2v) is 7.65. The van der Waals surface area contributed by atoms with Crippen LogP contribution in [0.25, 0.3) is 10.2 Å². The molecule has 2 heterocycles. The smallest absolute Gasteiger partial charge is 0.263 e. The van der Waals surface area contributed by atoms with E-state index in [1.807, 2.05) is 25.1 Å². The number of rotatable bonds is 5. The molecule has 1 aromatic carbocycles. The van der Waals surface area contributed by atoms with E-state index in [9.17, 15) is 4.79 Å². The Balaban J connectivity index is 1.81. The maximum atomic E-state index is 13.2. The van der Waals surface area contributed by atoms with Gasteiger partial charge in [0.25, 0.3) is 5.56 Å². The molecule has 2 aromatic heterocycles. The number of hydrogen-bond donors (Lipinski definition) is 1. The van der Waals surface area contributed by atoms with Gasteiger partial charge in [0.05, 0.1) is 19.6 Å². The van der Waals surface area contributed by atoms with Crippen LogP contribution in [-0.2, 0) is 19.4 Å². The van der Waals surface area contributed by atoms with E-state index in [2.05, 4.69) is 5.32 Å². The zero-order valence-electron chi connectivity index (χ0n) is 15.8. The molecule has 0 spiro atoms. The molecule has 0 bridgehead atoms. The van der Waals surface area contributed by atoms with Crippen molar-refractivity contribution in [3.05, 3.63) is 39.0 Å². The fraction of sp³-hybridized carbons (Fsp3) is 0.400. The number of aryl methyl sites for hydroxylation is 2. The lowest BCUT2D eigenvalue weighted by atomic mass is 9.97. The fourth-order valence-electron chi connectivity index (χ4n) is 3.67. The van der Waals surface area contributed by atoms with Crippen molar-refractivity contribution in [3.8, 4) is 11.5 Å². The number of methoxy groups -OCH3 is 2. The maximum Gasteiger partial charge on any atom is 0.263 e. The maximum absolute atomic E-state index is 13.2. The van der Waals surface area contributed by atoms with Gasteiger partial charge in [-0.3, -0.25) is 9.36 Å². The molecule has 3 aromatic rings. The third-order valence-electron chi connectivity index (χ3n) is 5.03. The van der Waals surface area contributed by atoms with Crippen molar-refractivity contribution >= 4 is 33.2 Å². The Morgan fingerprint density at radius 3 is 2.70 bits per heavy atom. The molecule has 1 N–H and O–H groups in total. The van der Waals surface area contributed by atoms with Gasteiger partial charge in [0, 0.05) is 23.2 Å². The minimum atomic E-state index is 0.0462. The monoisotopic (exact) mass is 385 g/mol. The Labute approximate surface area is 161 Å². The van der Waals surface area contributed by atoms with Crippen LogP contribution in [0, 0.1) is 0 Å². The van der Waals surface area contributed by atoms with Crippen molar-refractivity contribution in [1.82, 2.24) is 9.55 Å². The van der Waals surface area contributed by atoms with Gasteiger partial charge in [0.15, 0.2) is 11.5 Å². The van der Waals surface area contributed by atoms with Crippen LogP contribution in [-0.4, -0.2) is 23.8 Å². The van der Waals surface area contributed by atoms with E-state index in [-0.39, 0.29) is 5.56 Å². The summed E-state index contributed by atoms with van der Waals surface area (Å²) in [4.78, 5) is 20.1. The summed E-state index contributed by atoms with van der Waals surface area (Å²) in [5.74, 6) is 1.84. The van der Waals surface area contributed by atoms with Gasteiger partial charge in [-0.2, -0.15) is 0 Å². The molecule has 0 radical (unpaired) electrons. The quantitative estimate of drug-likeness (QED) is 0.716. The van der Waals surface area contributed by atoms with Gasteiger partial charge < -0.3 is 14.8 Å². The number of ether oxygens (including phenoxy) is 2. The minimum absolute atomic E-state index is 0.0462. The molecule has 0 saturated heterocycles. The highest BCUT2D eigenvalue weighted by Gasteiger charge is 2.21. The van der Waals surface area contributed by atoms with Crippen LogP contribution in [0.5, 0.6) is 11.5 Å². The van der Waals surface area contributed by atoms with Crippen molar-refractivity contribution in [2.45, 2.75) is 39.2 Å². The normalized spacial score (nSPS) is 13.4. The average Bonchev–Trinajstić information content (AvgIpc) is 3.06. The van der Waals surface area contributed by atoms with E-state index >= 15 is 0 Å². The zero-order valence-corrected chi connectivity index (χ0v) is 16.6. The molecule has 4 rings (SSSR count). The number of hydrogen-bond acceptors (Lipinski definition) is 6. The lowest BCUT2D eigenvalue weighted by Crippen LogP contribution is -2.23. The molecule has 27 heavy (non-hydrogen) atoms. The number of thiophene rings is 1. The van der Waals surface area contributed by atoms with Crippen LogP contribution in [0.3, 0.4) is 0 Å². The Kier molecular flexibility index (Phi) is 4.78. The number of benzene rings is 1. The van der Waals surface area contributed by atoms with Crippen LogP contribution in [0.15, 0.2) is 23.0 Å². The first-order valence-corrected chi connectivity index (χ1v) is 10.0. The highest BCUT2D eigenvalue weighted by Crippen LogP contribution is 2.35. The molecule has 142 valence electrons. The van der Waals surface area contributed by atoms with Gasteiger partial charge in [-0.25, -0.2) is 4.98 Å². The summed E-state index contributed by atoms with van der Waals surface area (Å²) in [7, 11) is 3.21. The summed E-state index contributed by atoms with van der Waals surface area (Å²) >= 11 is 1.66. The van der Waals surface area contributed by atoms with Crippen molar-refractivity contribution < 1.29 is 9.47 Å². The number of aromatic nitrogens is 2. The molecule has 0 atom stereocenters. The first-order chi connectivity index (χ1) is 13.2. The molecule has 6 nitrogen and oxygen atoms in total. The Morgan fingerprint density at radius 2 is 1.96 bits per heavy atom. The predicted molar refractivity (Wildman–Crippen MR) is 109 cm³/mol. The van der Waals surface area contributed by atoms with E-state index in [1.165, 1.54) is 16.9 Å². The van der Waals surface area contributed by atoms with Crippen LogP contribution < -0.4 is 20.3 Å². The molecule has 1 aliphatic rings. The van der Waals surface area contributed by atoms with Crippen molar-refractivity contribution in [3.63, 3.8) is 0 Å². The molecule has 0 aliphatic heterocycles. The van der Waals surface area contributed by atoms with E-state index in [0.29, 0.717) is 24.0 Å². The summed E-state index contributed by atoms with van der Waals surface area (Å²) in [6.07, 6.45) is 4.38. The molecule has 0 fully saturated rings. The molecule has 0 unspecified atom stereocenters. The number of fused-ring (bicyclic) bond motifs is 3. The van der Waals surface area contributed by atoms with Gasteiger partial charge >= 0.3 is 0 Å². The van der Waals surface area contributed by atoms with Crippen molar-refractivity contribution in [2.24, 2.45) is 0 Å². The van der Waals surface area contributed by atoms with Gasteiger partial charge in [-0.1, -0.05) is 0 Å². The van der Waals surface area contributed by atoms with Crippen LogP contribution in [0.1, 0.15) is 30.2 Å². The summed E-state index contributed by atoms with van der Waals surface area (Å²) in [5, 5.41) is 4.10. The topological polar surface area (TPSA) is 65.4 Å². The first-order valence-electron chi connectivity index (χ1n) is 9.20. The highest BCUT2D eigenvalue weighted by molar-refractivity contribution is 7.18. The molecule has 0 saturated carbocycles. The highest BCUT2D eigenvalue weighted by atomic mass is 32.1. The van der Waals surface area contributed by atoms with Crippen LogP contribution >= 0.6 is 11.3 Å². The van der Waals surface area contributed by atoms with E-state index in [4.69, 9.17) is 14.5 Å². The second-order valence-electron chi connectivity index (χ2n) is 6.57. The molecule has 0 amide bonds. The third-order valence-corrected chi connectivity index (χ3v) is 6.22. The fourth-order valence-corrected chi connectivity index (χ4v) is 4.92. The summed E-state index contributed by atoms with van der Waals surface area (Å²) in [6, 6.07) is 5.56. The second kappa shape index (κ2) is 7.23. The van der Waals surface area contributed by atoms with E-state index in [0.717, 1.165) is 35.2 Å². The summed E-state index contributed by atoms with van der Waals surface area (Å²) in [6.45, 7) is 2.52. The van der Waals surface area contributed by atoms with Crippen molar-refractivity contribution in [1.29, 1.82) is 0 Å². The third kappa shape index (κ3) is 3.06. The lowest BCUT2D eigenvalue weighted by molar-refractivity contribution is 0.355. The number of anilines is 2. The summed E-state index contributed by atoms with van der Waals surface area (Å²) in [5.41, 5.74) is 2.06. The zero-order chi connectivity index (χ0) is 19.0. The van der Waals surface area contributed by atoms with E-state index in [1.54, 1.807) is 30.1 Å². The molecule has 7 heteroatoms. The Morgan fingerprint density at radius 1 is 1.19 bits per heavy atom. The van der Waals surface area contributed by atoms with E-state index < -0.39 is 0 Å². The predicted octanol–water partition coefficient (Wildman–Crippen LogP) is 4.12. The minimum Gasteiger partial charge on any atom is -0.493 e. The van der Waals surface area contributed by atoms with Crippen LogP contribution in [0.4, 0.5) is 11.6 Å². The van der Waals surface area contributed by atoms with Crippen molar-refractivity contribution in [2.75, 3.05) is 19.5 Å². The van der Waals surface area contributed by atoms with Crippen LogP contribution in [0.2, 0.25) is 0 Å². The number of nitrogens with zero attached hydrogens (tertiary/aromatic N) is 2. The largest absolute Gasteiger partial charge is 0.493 e. The molecular weight excluding hydrogens is 362 g/mol. The number of nitrogens with one attached hydrogen (secondary N) is 1. The Bertz CT molecular complexity index is 1050. The molecular formula is C20H23N3O3S. The first kappa shape index (κ1) is 17.9. The lowest BCUT2D eigenvalue weighted by Gasteiger charge is -2.15. The van der Waals surface area contributed by atoms with Gasteiger partial charge in [0.1, 0.15) is 4.83 Å². The SMILES string of the molecule is CCn1c(Nc2ccc(OC)c(OC)c2)nc2sc3c(c2c1=O)CCCC3. The van der Waals surface area contributed by atoms with Gasteiger partial charge in [-0.15, -0.1) is 11.3 Å². The molecule has 1 aliphatic carbocycles.